The molecule has 0 aromatic heterocycles. The number of hydrogen-bond donors (Lipinski definition) is 2. The number of hydrazine groups is 1. The molecule has 138 valence electrons. The molecule has 2 rings (SSSR count). The third-order valence-electron chi connectivity index (χ3n) is 3.44. The molecule has 10 heteroatoms. The van der Waals surface area contributed by atoms with Crippen LogP contribution in [0.1, 0.15) is 17.5 Å². The molecule has 0 heterocycles. The molecule has 0 aliphatic carbocycles. The van der Waals surface area contributed by atoms with Gasteiger partial charge in [-0.05, 0) is 30.2 Å². The topological polar surface area (TPSA) is 84.3 Å². The number of halogens is 4. The van der Waals surface area contributed by atoms with Crippen LogP contribution in [0.25, 0.3) is 0 Å². The molecule has 0 bridgehead atoms. The number of nitrogens with one attached hydrogen (secondary N) is 2. The molecule has 0 atom stereocenters. The second-order valence-electron chi connectivity index (χ2n) is 5.25. The lowest BCUT2D eigenvalue weighted by Crippen LogP contribution is -2.30. The smallest absolute Gasteiger partial charge is 0.292 e. The van der Waals surface area contributed by atoms with E-state index in [1.54, 1.807) is 6.07 Å². The van der Waals surface area contributed by atoms with Crippen LogP contribution in [0.2, 0.25) is 0 Å². The summed E-state index contributed by atoms with van der Waals surface area (Å²) in [5.74, 6) is -1.07. The quantitative estimate of drug-likeness (QED) is 0.459. The van der Waals surface area contributed by atoms with Crippen LogP contribution in [0.4, 0.5) is 28.9 Å². The van der Waals surface area contributed by atoms with Gasteiger partial charge in [0.2, 0.25) is 5.91 Å². The number of alkyl halides is 3. The molecule has 0 fully saturated rings. The Morgan fingerprint density at radius 1 is 1.15 bits per heavy atom. The van der Waals surface area contributed by atoms with Crippen molar-refractivity contribution < 1.29 is 27.3 Å². The zero-order valence-electron chi connectivity index (χ0n) is 13.1. The molecular weight excluding hydrogens is 358 g/mol. The van der Waals surface area contributed by atoms with E-state index < -0.39 is 34.1 Å². The molecule has 0 aliphatic heterocycles. The lowest BCUT2D eigenvalue weighted by molar-refractivity contribution is -0.384. The lowest BCUT2D eigenvalue weighted by Gasteiger charge is -2.11. The van der Waals surface area contributed by atoms with Crippen molar-refractivity contribution in [2.75, 3.05) is 5.43 Å². The third kappa shape index (κ3) is 4.91. The van der Waals surface area contributed by atoms with Crippen molar-refractivity contribution in [1.82, 2.24) is 5.43 Å². The van der Waals surface area contributed by atoms with Crippen LogP contribution in [0.3, 0.4) is 0 Å². The zero-order chi connectivity index (χ0) is 19.3. The minimum absolute atomic E-state index is 0.0926. The Morgan fingerprint density at radius 3 is 2.46 bits per heavy atom. The normalized spacial score (nSPS) is 11.1. The van der Waals surface area contributed by atoms with Crippen LogP contribution in [-0.2, 0) is 17.4 Å². The summed E-state index contributed by atoms with van der Waals surface area (Å²) < 4.78 is 51.3. The number of anilines is 1. The predicted octanol–water partition coefficient (Wildman–Crippen LogP) is 3.83. The van der Waals surface area contributed by atoms with Crippen molar-refractivity contribution in [1.29, 1.82) is 0 Å². The van der Waals surface area contributed by atoms with Crippen molar-refractivity contribution in [3.05, 3.63) is 69.5 Å². The molecule has 0 spiro atoms. The molecule has 6 nitrogen and oxygen atoms in total. The van der Waals surface area contributed by atoms with E-state index in [0.717, 1.165) is 6.07 Å². The maximum absolute atomic E-state index is 13.5. The van der Waals surface area contributed by atoms with Crippen LogP contribution in [0.5, 0.6) is 0 Å². The molecule has 2 N–H and O–H groups in total. The molecule has 0 aliphatic rings. The first kappa shape index (κ1) is 19.2. The SMILES string of the molecule is O=C(CCc1ccccc1F)NNc1ccc(C(F)(F)F)cc1[N+](=O)[O-]. The second-order valence-corrected chi connectivity index (χ2v) is 5.25. The van der Waals surface area contributed by atoms with E-state index in [4.69, 9.17) is 0 Å². The number of amides is 1. The summed E-state index contributed by atoms with van der Waals surface area (Å²) in [7, 11) is 0. The van der Waals surface area contributed by atoms with Crippen molar-refractivity contribution in [2.24, 2.45) is 0 Å². The van der Waals surface area contributed by atoms with Gasteiger partial charge in [-0.25, -0.2) is 4.39 Å². The number of nitrogens with zero attached hydrogens (tertiary/aromatic N) is 1. The highest BCUT2D eigenvalue weighted by atomic mass is 19.4. The molecule has 0 saturated heterocycles. The molecule has 26 heavy (non-hydrogen) atoms. The minimum atomic E-state index is -4.73. The van der Waals surface area contributed by atoms with Gasteiger partial charge in [0.25, 0.3) is 5.69 Å². The van der Waals surface area contributed by atoms with Crippen LogP contribution < -0.4 is 10.9 Å². The van der Waals surface area contributed by atoms with Gasteiger partial charge in [0.1, 0.15) is 11.5 Å². The monoisotopic (exact) mass is 371 g/mol. The molecule has 2 aromatic rings. The number of nitro groups is 1. The van der Waals surface area contributed by atoms with Crippen LogP contribution >= 0.6 is 0 Å². The average Bonchev–Trinajstić information content (AvgIpc) is 2.58. The van der Waals surface area contributed by atoms with Crippen LogP contribution in [0.15, 0.2) is 42.5 Å². The van der Waals surface area contributed by atoms with Gasteiger partial charge in [0.15, 0.2) is 0 Å². The maximum Gasteiger partial charge on any atom is 0.416 e. The number of rotatable bonds is 6. The number of hydrogen-bond acceptors (Lipinski definition) is 4. The largest absolute Gasteiger partial charge is 0.416 e. The summed E-state index contributed by atoms with van der Waals surface area (Å²) in [6.07, 6.45) is -4.76. The summed E-state index contributed by atoms with van der Waals surface area (Å²) in [5.41, 5.74) is 2.37. The Hall–Kier alpha value is -3.17. The Morgan fingerprint density at radius 2 is 1.85 bits per heavy atom. The van der Waals surface area contributed by atoms with Gasteiger partial charge in [-0.3, -0.25) is 25.8 Å². The van der Waals surface area contributed by atoms with Crippen LogP contribution in [-0.4, -0.2) is 10.8 Å². The van der Waals surface area contributed by atoms with Gasteiger partial charge in [-0.2, -0.15) is 13.2 Å². The molecule has 2 aromatic carbocycles. The van der Waals surface area contributed by atoms with Gasteiger partial charge >= 0.3 is 6.18 Å². The fourth-order valence-electron chi connectivity index (χ4n) is 2.11. The predicted molar refractivity (Wildman–Crippen MR) is 84.6 cm³/mol. The van der Waals surface area contributed by atoms with E-state index in [1.807, 2.05) is 0 Å². The van der Waals surface area contributed by atoms with Gasteiger partial charge in [0.05, 0.1) is 10.5 Å². The third-order valence-corrected chi connectivity index (χ3v) is 3.44. The van der Waals surface area contributed by atoms with Crippen molar-refractivity contribution in [3.63, 3.8) is 0 Å². The standard InChI is InChI=1S/C16H13F4N3O3/c17-12-4-2-1-3-10(12)5-8-15(24)22-21-13-7-6-11(16(18,19)20)9-14(13)23(25)26/h1-4,6-7,9,21H,5,8H2,(H,22,24). The number of carbonyl (C=O) groups excluding carboxylic acids is 1. The molecular formula is C16H13F4N3O3. The highest BCUT2D eigenvalue weighted by molar-refractivity contribution is 5.78. The number of nitro benzene ring substituents is 1. The number of aryl methyl sites for hydroxylation is 1. The first-order valence-electron chi connectivity index (χ1n) is 7.32. The highest BCUT2D eigenvalue weighted by Gasteiger charge is 2.33. The first-order chi connectivity index (χ1) is 12.2. The van der Waals surface area contributed by atoms with E-state index >= 15 is 0 Å². The van der Waals surface area contributed by atoms with Crippen molar-refractivity contribution in [2.45, 2.75) is 19.0 Å². The fourth-order valence-corrected chi connectivity index (χ4v) is 2.11. The zero-order valence-corrected chi connectivity index (χ0v) is 13.1. The first-order valence-corrected chi connectivity index (χ1v) is 7.32. The number of benzene rings is 2. The summed E-state index contributed by atoms with van der Waals surface area (Å²) in [5, 5.41) is 10.9. The molecule has 0 unspecified atom stereocenters. The fraction of sp³-hybridized carbons (Fsp3) is 0.188. The van der Waals surface area contributed by atoms with Crippen LogP contribution in [0, 0.1) is 15.9 Å². The lowest BCUT2D eigenvalue weighted by atomic mass is 10.1. The van der Waals surface area contributed by atoms with E-state index in [9.17, 15) is 32.5 Å². The Kier molecular flexibility index (Phi) is 5.75. The number of carbonyl (C=O) groups is 1. The summed E-state index contributed by atoms with van der Waals surface area (Å²) in [4.78, 5) is 21.7. The minimum Gasteiger partial charge on any atom is -0.292 e. The summed E-state index contributed by atoms with van der Waals surface area (Å²) in [6, 6.07) is 7.74. The van der Waals surface area contributed by atoms with Gasteiger partial charge in [-0.1, -0.05) is 18.2 Å². The molecule has 0 radical (unpaired) electrons. The Bertz CT molecular complexity index is 825. The average molecular weight is 371 g/mol. The van der Waals surface area contributed by atoms with E-state index in [2.05, 4.69) is 10.9 Å². The van der Waals surface area contributed by atoms with E-state index in [1.165, 1.54) is 18.2 Å². The Labute approximate surface area is 144 Å². The molecule has 1 amide bonds. The Balaban J connectivity index is 2.01. The summed E-state index contributed by atoms with van der Waals surface area (Å²) in [6.45, 7) is 0. The van der Waals surface area contributed by atoms with E-state index in [0.29, 0.717) is 17.7 Å². The van der Waals surface area contributed by atoms with Crippen molar-refractivity contribution >= 4 is 17.3 Å². The van der Waals surface area contributed by atoms with E-state index in [-0.39, 0.29) is 18.5 Å². The molecule has 0 saturated carbocycles. The van der Waals surface area contributed by atoms with Gasteiger partial charge in [0, 0.05) is 12.5 Å². The second kappa shape index (κ2) is 7.81. The van der Waals surface area contributed by atoms with Gasteiger partial charge in [-0.15, -0.1) is 0 Å². The van der Waals surface area contributed by atoms with Gasteiger partial charge < -0.3 is 0 Å². The summed E-state index contributed by atoms with van der Waals surface area (Å²) >= 11 is 0. The maximum atomic E-state index is 13.5. The highest BCUT2D eigenvalue weighted by Crippen LogP contribution is 2.34. The van der Waals surface area contributed by atoms with Crippen molar-refractivity contribution in [3.8, 4) is 0 Å².